The molecule has 0 amide bonds. The summed E-state index contributed by atoms with van der Waals surface area (Å²) in [4.78, 5) is 2.48. The number of aromatic amines is 1. The van der Waals surface area contributed by atoms with Gasteiger partial charge in [0.15, 0.2) is 0 Å². The first kappa shape index (κ1) is 7.80. The van der Waals surface area contributed by atoms with Crippen LogP contribution < -0.4 is 0 Å². The minimum absolute atomic E-state index is 1.07. The van der Waals surface area contributed by atoms with Crippen LogP contribution in [0.25, 0.3) is 0 Å². The molecule has 66 valence electrons. The second kappa shape index (κ2) is 3.27. The molecule has 2 heterocycles. The first-order chi connectivity index (χ1) is 5.86. The first-order valence-electron chi connectivity index (χ1n) is 4.57. The van der Waals surface area contributed by atoms with Crippen LogP contribution in [0.2, 0.25) is 0 Å². The summed E-state index contributed by atoms with van der Waals surface area (Å²) < 4.78 is 0. The van der Waals surface area contributed by atoms with Crippen LogP contribution in [-0.2, 0) is 6.54 Å². The molecule has 2 rings (SSSR count). The Hall–Kier alpha value is -0.830. The molecule has 0 bridgehead atoms. The van der Waals surface area contributed by atoms with Gasteiger partial charge in [-0.1, -0.05) is 0 Å². The summed E-state index contributed by atoms with van der Waals surface area (Å²) in [6, 6.07) is 0. The molecule has 1 fully saturated rings. The molecule has 0 spiro atoms. The van der Waals surface area contributed by atoms with Crippen molar-refractivity contribution in [1.29, 1.82) is 0 Å². The molecule has 1 aromatic heterocycles. The van der Waals surface area contributed by atoms with Crippen LogP contribution in [0, 0.1) is 6.92 Å². The fourth-order valence-corrected chi connectivity index (χ4v) is 1.72. The summed E-state index contributed by atoms with van der Waals surface area (Å²) in [6.45, 7) is 5.66. The van der Waals surface area contributed by atoms with E-state index in [0.717, 1.165) is 6.54 Å². The Labute approximate surface area is 72.8 Å². The van der Waals surface area contributed by atoms with Crippen LogP contribution in [-0.4, -0.2) is 28.2 Å². The molecular formula is C9H15N3. The molecule has 1 saturated heterocycles. The van der Waals surface area contributed by atoms with Crippen molar-refractivity contribution in [1.82, 2.24) is 15.1 Å². The Balaban J connectivity index is 1.98. The average Bonchev–Trinajstić information content (AvgIpc) is 2.65. The quantitative estimate of drug-likeness (QED) is 0.716. The van der Waals surface area contributed by atoms with Crippen molar-refractivity contribution in [2.24, 2.45) is 0 Å². The van der Waals surface area contributed by atoms with Gasteiger partial charge < -0.3 is 0 Å². The highest BCUT2D eigenvalue weighted by molar-refractivity contribution is 5.14. The van der Waals surface area contributed by atoms with Crippen LogP contribution in [0.1, 0.15) is 24.1 Å². The highest BCUT2D eigenvalue weighted by Crippen LogP contribution is 2.13. The molecule has 1 aromatic rings. The van der Waals surface area contributed by atoms with Crippen LogP contribution >= 0.6 is 0 Å². The van der Waals surface area contributed by atoms with Gasteiger partial charge in [0.2, 0.25) is 0 Å². The summed E-state index contributed by atoms with van der Waals surface area (Å²) in [5, 5.41) is 6.98. The van der Waals surface area contributed by atoms with E-state index in [0.29, 0.717) is 0 Å². The zero-order valence-corrected chi connectivity index (χ0v) is 7.51. The molecule has 3 nitrogen and oxygen atoms in total. The standard InChI is InChI=1S/C9H15N3/c1-8-9(6-10-11-8)7-12-4-2-3-5-12/h6H,2-5,7H2,1H3,(H,10,11). The Morgan fingerprint density at radius 1 is 1.50 bits per heavy atom. The van der Waals surface area contributed by atoms with E-state index in [4.69, 9.17) is 0 Å². The van der Waals surface area contributed by atoms with Gasteiger partial charge in [-0.3, -0.25) is 10.00 Å². The zero-order chi connectivity index (χ0) is 8.39. The molecule has 0 unspecified atom stereocenters. The second-order valence-electron chi connectivity index (χ2n) is 3.50. The van der Waals surface area contributed by atoms with Crippen molar-refractivity contribution in [3.8, 4) is 0 Å². The normalized spacial score (nSPS) is 18.8. The number of nitrogens with one attached hydrogen (secondary N) is 1. The minimum atomic E-state index is 1.07. The van der Waals surface area contributed by atoms with Gasteiger partial charge in [-0.25, -0.2) is 0 Å². The number of hydrogen-bond acceptors (Lipinski definition) is 2. The topological polar surface area (TPSA) is 31.9 Å². The highest BCUT2D eigenvalue weighted by atomic mass is 15.2. The lowest BCUT2D eigenvalue weighted by Crippen LogP contribution is -2.18. The van der Waals surface area contributed by atoms with Crippen LogP contribution in [0.4, 0.5) is 0 Å². The van der Waals surface area contributed by atoms with Gasteiger partial charge >= 0.3 is 0 Å². The van der Waals surface area contributed by atoms with Gasteiger partial charge in [-0.05, 0) is 32.9 Å². The molecule has 0 aliphatic carbocycles. The molecule has 0 atom stereocenters. The van der Waals surface area contributed by atoms with Crippen molar-refractivity contribution >= 4 is 0 Å². The molecule has 1 aliphatic rings. The van der Waals surface area contributed by atoms with E-state index in [-0.39, 0.29) is 0 Å². The Morgan fingerprint density at radius 2 is 2.25 bits per heavy atom. The lowest BCUT2D eigenvalue weighted by molar-refractivity contribution is 0.331. The summed E-state index contributed by atoms with van der Waals surface area (Å²) in [7, 11) is 0. The number of nitrogens with zero attached hydrogens (tertiary/aromatic N) is 2. The summed E-state index contributed by atoms with van der Waals surface area (Å²) in [6.07, 6.45) is 4.65. The Morgan fingerprint density at radius 3 is 2.83 bits per heavy atom. The average molecular weight is 165 g/mol. The molecular weight excluding hydrogens is 150 g/mol. The molecule has 1 N–H and O–H groups in total. The molecule has 12 heavy (non-hydrogen) atoms. The SMILES string of the molecule is Cc1[nH]ncc1CN1CCCC1. The largest absolute Gasteiger partial charge is 0.299 e. The second-order valence-corrected chi connectivity index (χ2v) is 3.50. The number of hydrogen-bond donors (Lipinski definition) is 1. The van der Waals surface area contributed by atoms with Gasteiger partial charge in [0.05, 0.1) is 6.20 Å². The molecule has 3 heteroatoms. The van der Waals surface area contributed by atoms with Gasteiger partial charge in [-0.15, -0.1) is 0 Å². The number of likely N-dealkylation sites (tertiary alicyclic amines) is 1. The van der Waals surface area contributed by atoms with E-state index < -0.39 is 0 Å². The summed E-state index contributed by atoms with van der Waals surface area (Å²) in [5.74, 6) is 0. The molecule has 0 radical (unpaired) electrons. The third-order valence-corrected chi connectivity index (χ3v) is 2.53. The van der Waals surface area contributed by atoms with E-state index in [1.807, 2.05) is 6.20 Å². The highest BCUT2D eigenvalue weighted by Gasteiger charge is 2.12. The van der Waals surface area contributed by atoms with E-state index in [2.05, 4.69) is 22.0 Å². The number of H-pyrrole nitrogens is 1. The number of aryl methyl sites for hydroxylation is 1. The molecule has 0 saturated carbocycles. The van der Waals surface area contributed by atoms with E-state index in [1.54, 1.807) is 0 Å². The van der Waals surface area contributed by atoms with Crippen molar-refractivity contribution in [3.63, 3.8) is 0 Å². The van der Waals surface area contributed by atoms with Gasteiger partial charge in [0.25, 0.3) is 0 Å². The first-order valence-corrected chi connectivity index (χ1v) is 4.57. The third-order valence-electron chi connectivity index (χ3n) is 2.53. The third kappa shape index (κ3) is 1.50. The summed E-state index contributed by atoms with van der Waals surface area (Å²) in [5.41, 5.74) is 2.55. The van der Waals surface area contributed by atoms with Gasteiger partial charge in [0, 0.05) is 17.8 Å². The van der Waals surface area contributed by atoms with E-state index in [9.17, 15) is 0 Å². The summed E-state index contributed by atoms with van der Waals surface area (Å²) >= 11 is 0. The molecule has 1 aliphatic heterocycles. The Bertz CT molecular complexity index is 248. The van der Waals surface area contributed by atoms with Crippen LogP contribution in [0.5, 0.6) is 0 Å². The predicted octanol–water partition coefficient (Wildman–Crippen LogP) is 1.31. The smallest absolute Gasteiger partial charge is 0.0535 e. The van der Waals surface area contributed by atoms with Crippen molar-refractivity contribution in [2.45, 2.75) is 26.3 Å². The zero-order valence-electron chi connectivity index (χ0n) is 7.51. The monoisotopic (exact) mass is 165 g/mol. The van der Waals surface area contributed by atoms with Gasteiger partial charge in [-0.2, -0.15) is 5.10 Å². The maximum atomic E-state index is 4.01. The number of aromatic nitrogens is 2. The van der Waals surface area contributed by atoms with Crippen molar-refractivity contribution in [2.75, 3.05) is 13.1 Å². The maximum Gasteiger partial charge on any atom is 0.0535 e. The van der Waals surface area contributed by atoms with Gasteiger partial charge in [0.1, 0.15) is 0 Å². The lowest BCUT2D eigenvalue weighted by atomic mass is 10.2. The maximum absolute atomic E-state index is 4.01. The Kier molecular flexibility index (Phi) is 2.13. The van der Waals surface area contributed by atoms with E-state index in [1.165, 1.54) is 37.2 Å². The van der Waals surface area contributed by atoms with Crippen molar-refractivity contribution in [3.05, 3.63) is 17.5 Å². The lowest BCUT2D eigenvalue weighted by Gasteiger charge is -2.13. The fraction of sp³-hybridized carbons (Fsp3) is 0.667. The number of rotatable bonds is 2. The molecule has 0 aromatic carbocycles. The predicted molar refractivity (Wildman–Crippen MR) is 47.8 cm³/mol. The van der Waals surface area contributed by atoms with E-state index >= 15 is 0 Å². The minimum Gasteiger partial charge on any atom is -0.299 e. The van der Waals surface area contributed by atoms with Crippen LogP contribution in [0.15, 0.2) is 6.20 Å². The van der Waals surface area contributed by atoms with Crippen molar-refractivity contribution < 1.29 is 0 Å². The van der Waals surface area contributed by atoms with Crippen LogP contribution in [0.3, 0.4) is 0 Å². The fourth-order valence-electron chi connectivity index (χ4n) is 1.72.